The average molecular weight is 460 g/mol. The predicted octanol–water partition coefficient (Wildman–Crippen LogP) is 6.11. The van der Waals surface area contributed by atoms with Gasteiger partial charge in [0.2, 0.25) is 0 Å². The number of rotatable bonds is 6. The highest BCUT2D eigenvalue weighted by molar-refractivity contribution is 9.10. The summed E-state index contributed by atoms with van der Waals surface area (Å²) in [6, 6.07) is 16.8. The third-order valence-corrected chi connectivity index (χ3v) is 8.31. The van der Waals surface area contributed by atoms with Crippen LogP contribution in [0.2, 0.25) is 0 Å². The lowest BCUT2D eigenvalue weighted by atomic mass is 9.91. The summed E-state index contributed by atoms with van der Waals surface area (Å²) < 4.78 is 7.88. The lowest BCUT2D eigenvalue weighted by Gasteiger charge is -2.41. The van der Waals surface area contributed by atoms with Crippen LogP contribution in [0.5, 0.6) is 0 Å². The maximum absolute atomic E-state index is 5.53. The molecule has 1 heterocycles. The Morgan fingerprint density at radius 3 is 1.64 bits per heavy atom. The van der Waals surface area contributed by atoms with Crippen molar-refractivity contribution in [2.75, 3.05) is 24.7 Å². The van der Waals surface area contributed by atoms with Crippen molar-refractivity contribution in [1.29, 1.82) is 0 Å². The maximum Gasteiger partial charge on any atom is 0.0561 e. The molecule has 1 nitrogen and oxygen atoms in total. The molecule has 1 aliphatic rings. The lowest BCUT2D eigenvalue weighted by Crippen LogP contribution is -2.46. The predicted molar refractivity (Wildman–Crippen MR) is 103 cm³/mol. The second-order valence-electron chi connectivity index (χ2n) is 5.43. The van der Waals surface area contributed by atoms with Crippen molar-refractivity contribution in [2.45, 2.75) is 9.79 Å². The van der Waals surface area contributed by atoms with Crippen LogP contribution in [0.25, 0.3) is 0 Å². The molecule has 0 atom stereocenters. The van der Waals surface area contributed by atoms with Gasteiger partial charge in [-0.1, -0.05) is 24.3 Å². The molecule has 0 unspecified atom stereocenters. The quantitative estimate of drug-likeness (QED) is 0.482. The van der Waals surface area contributed by atoms with Crippen molar-refractivity contribution in [3.05, 3.63) is 57.5 Å². The molecule has 1 saturated heterocycles. The lowest BCUT2D eigenvalue weighted by molar-refractivity contribution is -0.0830. The summed E-state index contributed by atoms with van der Waals surface area (Å²) in [6.45, 7) is 1.73. The van der Waals surface area contributed by atoms with E-state index >= 15 is 0 Å². The van der Waals surface area contributed by atoms with Gasteiger partial charge >= 0.3 is 0 Å². The topological polar surface area (TPSA) is 9.23 Å². The van der Waals surface area contributed by atoms with E-state index in [9.17, 15) is 0 Å². The van der Waals surface area contributed by atoms with Crippen molar-refractivity contribution >= 4 is 55.4 Å². The van der Waals surface area contributed by atoms with E-state index in [0.717, 1.165) is 24.7 Å². The van der Waals surface area contributed by atoms with Crippen LogP contribution in [0.15, 0.2) is 67.3 Å². The normalized spacial score (nSPS) is 16.3. The summed E-state index contributed by atoms with van der Waals surface area (Å²) in [6.07, 6.45) is 0. The Morgan fingerprint density at radius 2 is 1.27 bits per heavy atom. The summed E-state index contributed by atoms with van der Waals surface area (Å²) in [4.78, 5) is 2.61. The molecule has 116 valence electrons. The Morgan fingerprint density at radius 1 is 0.818 bits per heavy atom. The van der Waals surface area contributed by atoms with Gasteiger partial charge in [0.05, 0.1) is 13.2 Å². The Labute approximate surface area is 156 Å². The molecule has 1 aliphatic heterocycles. The molecule has 0 amide bonds. The second-order valence-corrected chi connectivity index (χ2v) is 9.17. The minimum atomic E-state index is 0.278. The highest BCUT2D eigenvalue weighted by Gasteiger charge is 2.38. The van der Waals surface area contributed by atoms with Gasteiger partial charge in [-0.05, 0) is 56.1 Å². The van der Waals surface area contributed by atoms with Gasteiger partial charge in [0.25, 0.3) is 0 Å². The smallest absolute Gasteiger partial charge is 0.0561 e. The summed E-state index contributed by atoms with van der Waals surface area (Å²) in [5, 5.41) is 0. The highest BCUT2D eigenvalue weighted by Crippen LogP contribution is 2.41. The monoisotopic (exact) mass is 458 g/mol. The minimum absolute atomic E-state index is 0.278. The number of hydrogen-bond acceptors (Lipinski definition) is 3. The third-order valence-electron chi connectivity index (χ3n) is 3.56. The molecule has 0 spiro atoms. The van der Waals surface area contributed by atoms with Gasteiger partial charge in [-0.2, -0.15) is 0 Å². The second kappa shape index (κ2) is 7.75. The van der Waals surface area contributed by atoms with E-state index in [1.54, 1.807) is 0 Å². The van der Waals surface area contributed by atoms with Crippen LogP contribution in [0.3, 0.4) is 0 Å². The molecule has 0 radical (unpaired) electrons. The van der Waals surface area contributed by atoms with Crippen LogP contribution in [0.4, 0.5) is 0 Å². The molecule has 0 N–H and O–H groups in total. The van der Waals surface area contributed by atoms with Crippen molar-refractivity contribution < 1.29 is 4.74 Å². The Kier molecular flexibility index (Phi) is 5.96. The minimum Gasteiger partial charge on any atom is -0.380 e. The zero-order valence-corrected chi connectivity index (χ0v) is 16.7. The summed E-state index contributed by atoms with van der Waals surface area (Å²) in [7, 11) is 0. The van der Waals surface area contributed by atoms with Crippen LogP contribution in [-0.4, -0.2) is 24.7 Å². The molecule has 22 heavy (non-hydrogen) atoms. The Balaban J connectivity index is 1.61. The van der Waals surface area contributed by atoms with Crippen LogP contribution < -0.4 is 0 Å². The molecule has 0 saturated carbocycles. The van der Waals surface area contributed by atoms with Crippen LogP contribution in [-0.2, 0) is 4.74 Å². The van der Waals surface area contributed by atoms with E-state index in [1.165, 1.54) is 18.7 Å². The first-order valence-electron chi connectivity index (χ1n) is 7.01. The van der Waals surface area contributed by atoms with E-state index in [0.29, 0.717) is 0 Å². The molecular formula is C17H16Br2OS2. The summed E-state index contributed by atoms with van der Waals surface area (Å²) in [5.74, 6) is 2.18. The van der Waals surface area contributed by atoms with Gasteiger partial charge in [0.1, 0.15) is 0 Å². The molecule has 2 aromatic rings. The van der Waals surface area contributed by atoms with Crippen molar-refractivity contribution in [2.24, 2.45) is 5.41 Å². The number of ether oxygens (including phenoxy) is 1. The first-order chi connectivity index (χ1) is 10.7. The van der Waals surface area contributed by atoms with Gasteiger partial charge < -0.3 is 4.74 Å². The average Bonchev–Trinajstić information content (AvgIpc) is 2.49. The molecule has 0 bridgehead atoms. The van der Waals surface area contributed by atoms with E-state index < -0.39 is 0 Å². The Bertz CT molecular complexity index is 593. The zero-order valence-electron chi connectivity index (χ0n) is 11.9. The van der Waals surface area contributed by atoms with E-state index in [2.05, 4.69) is 80.4 Å². The number of hydrogen-bond donors (Lipinski definition) is 0. The van der Waals surface area contributed by atoms with E-state index in [-0.39, 0.29) is 5.41 Å². The molecule has 3 rings (SSSR count). The van der Waals surface area contributed by atoms with Crippen molar-refractivity contribution in [3.8, 4) is 0 Å². The van der Waals surface area contributed by atoms with Gasteiger partial charge in [-0.3, -0.25) is 0 Å². The fraction of sp³-hybridized carbons (Fsp3) is 0.294. The fourth-order valence-electron chi connectivity index (χ4n) is 2.18. The van der Waals surface area contributed by atoms with Gasteiger partial charge in [-0.25, -0.2) is 0 Å². The van der Waals surface area contributed by atoms with E-state index in [4.69, 9.17) is 4.74 Å². The molecule has 0 aliphatic carbocycles. The molecule has 1 fully saturated rings. The number of halogens is 2. The largest absolute Gasteiger partial charge is 0.380 e. The maximum atomic E-state index is 5.53. The molecule has 2 aromatic carbocycles. The molecular weight excluding hydrogens is 444 g/mol. The first-order valence-corrected chi connectivity index (χ1v) is 10.6. The standard InChI is InChI=1S/C17H16Br2OS2/c18-13-5-1-3-7-15(13)21-11-17(9-20-10-17)12-22-16-8-4-2-6-14(16)19/h1-8H,9-12H2. The SMILES string of the molecule is Brc1ccccc1SCC1(CSc2ccccc2Br)COC1. The third kappa shape index (κ3) is 4.12. The van der Waals surface area contributed by atoms with Gasteiger partial charge in [-0.15, -0.1) is 23.5 Å². The fourth-order valence-corrected chi connectivity index (χ4v) is 5.79. The number of benzene rings is 2. The van der Waals surface area contributed by atoms with Crippen molar-refractivity contribution in [3.63, 3.8) is 0 Å². The summed E-state index contributed by atoms with van der Waals surface area (Å²) >= 11 is 11.1. The van der Waals surface area contributed by atoms with Gasteiger partial charge in [0.15, 0.2) is 0 Å². The highest BCUT2D eigenvalue weighted by atomic mass is 79.9. The number of thioether (sulfide) groups is 2. The van der Waals surface area contributed by atoms with Crippen molar-refractivity contribution in [1.82, 2.24) is 0 Å². The van der Waals surface area contributed by atoms with E-state index in [1.807, 2.05) is 23.5 Å². The first kappa shape index (κ1) is 16.9. The van der Waals surface area contributed by atoms with Crippen LogP contribution in [0, 0.1) is 5.41 Å². The molecule has 0 aromatic heterocycles. The van der Waals surface area contributed by atoms with Gasteiger partial charge in [0, 0.05) is 35.7 Å². The molecule has 5 heteroatoms. The van der Waals surface area contributed by atoms with Crippen LogP contribution in [0.1, 0.15) is 0 Å². The summed E-state index contributed by atoms with van der Waals surface area (Å²) in [5.41, 5.74) is 0.278. The zero-order chi connectivity index (χ0) is 15.4. The van der Waals surface area contributed by atoms with Crippen LogP contribution >= 0.6 is 55.4 Å². The Hall–Kier alpha value is 0.0600.